The second-order valence-electron chi connectivity index (χ2n) is 11.0. The van der Waals surface area contributed by atoms with Gasteiger partial charge in [0.05, 0.1) is 5.69 Å². The standard InChI is InChI=1S/C36H32N4/c1-23-13-19-29-31(21-23)39-33(25-9-5-3-6-10-25)35(37-29)27-15-17-28(18-16-27)36-34(26-11-7-4-8-12-26)40-32-22-24(2)14-20-30(32)38-36/h3-22,33,35,37-40H,1-2H3/p+2. The number of quaternary nitrogens is 2. The van der Waals surface area contributed by atoms with Crippen LogP contribution in [0.4, 0.5) is 22.7 Å². The maximum Gasteiger partial charge on any atom is 0.166 e. The van der Waals surface area contributed by atoms with Gasteiger partial charge in [0.1, 0.15) is 23.5 Å². The number of fused-ring (bicyclic) bond motifs is 2. The molecule has 0 saturated carbocycles. The topological polar surface area (TPSA) is 57.3 Å². The number of rotatable bonds is 4. The van der Waals surface area contributed by atoms with Gasteiger partial charge in [-0.2, -0.15) is 0 Å². The van der Waals surface area contributed by atoms with E-state index < -0.39 is 0 Å². The first-order valence-electron chi connectivity index (χ1n) is 14.0. The lowest BCUT2D eigenvalue weighted by atomic mass is 9.89. The van der Waals surface area contributed by atoms with E-state index in [1.54, 1.807) is 0 Å². The van der Waals surface area contributed by atoms with Gasteiger partial charge in [-0.25, -0.2) is 0 Å². The number of benzene rings is 5. The summed E-state index contributed by atoms with van der Waals surface area (Å²) >= 11 is 0. The molecule has 2 unspecified atom stereocenters. The zero-order valence-electron chi connectivity index (χ0n) is 22.9. The number of hydrogen-bond donors (Lipinski definition) is 4. The molecule has 0 bridgehead atoms. The Morgan fingerprint density at radius 3 is 1.95 bits per heavy atom. The molecule has 2 aliphatic heterocycles. The summed E-state index contributed by atoms with van der Waals surface area (Å²) in [6.45, 7) is 4.29. The Kier molecular flexibility index (Phi) is 6.20. The van der Waals surface area contributed by atoms with Crippen molar-refractivity contribution in [1.29, 1.82) is 0 Å². The molecule has 0 spiro atoms. The lowest BCUT2D eigenvalue weighted by Gasteiger charge is -2.33. The zero-order valence-corrected chi connectivity index (χ0v) is 22.9. The fraction of sp³-hybridized carbons (Fsp3) is 0.111. The van der Waals surface area contributed by atoms with Crippen molar-refractivity contribution in [2.24, 2.45) is 0 Å². The summed E-state index contributed by atoms with van der Waals surface area (Å²) in [6, 6.07) is 44.3. The predicted molar refractivity (Wildman–Crippen MR) is 164 cm³/mol. The number of anilines is 2. The third-order valence-electron chi connectivity index (χ3n) is 8.10. The monoisotopic (exact) mass is 522 g/mol. The lowest BCUT2D eigenvalue weighted by Crippen LogP contribution is -2.82. The highest BCUT2D eigenvalue weighted by molar-refractivity contribution is 5.96. The Balaban J connectivity index is 1.27. The van der Waals surface area contributed by atoms with Crippen molar-refractivity contribution in [2.75, 3.05) is 10.6 Å². The molecule has 0 aromatic heterocycles. The van der Waals surface area contributed by atoms with E-state index in [0.29, 0.717) is 0 Å². The molecule has 6 N–H and O–H groups in total. The molecule has 4 nitrogen and oxygen atoms in total. The van der Waals surface area contributed by atoms with Crippen LogP contribution in [0, 0.1) is 13.8 Å². The van der Waals surface area contributed by atoms with Gasteiger partial charge in [0, 0.05) is 28.8 Å². The number of aryl methyl sites for hydroxylation is 2. The van der Waals surface area contributed by atoms with Crippen molar-refractivity contribution >= 4 is 34.1 Å². The molecule has 2 heterocycles. The summed E-state index contributed by atoms with van der Waals surface area (Å²) in [4.78, 5) is 0. The van der Waals surface area contributed by atoms with Crippen LogP contribution in [0.5, 0.6) is 0 Å². The van der Waals surface area contributed by atoms with Crippen molar-refractivity contribution in [3.8, 4) is 0 Å². The zero-order chi connectivity index (χ0) is 27.1. The van der Waals surface area contributed by atoms with Gasteiger partial charge in [-0.3, -0.25) is 5.32 Å². The van der Waals surface area contributed by atoms with Gasteiger partial charge in [0.25, 0.3) is 0 Å². The Morgan fingerprint density at radius 2 is 1.23 bits per heavy atom. The van der Waals surface area contributed by atoms with Crippen LogP contribution in [-0.4, -0.2) is 0 Å². The van der Waals surface area contributed by atoms with Crippen molar-refractivity contribution in [1.82, 2.24) is 0 Å². The van der Waals surface area contributed by atoms with Crippen molar-refractivity contribution in [2.45, 2.75) is 25.9 Å². The third kappa shape index (κ3) is 4.58. The van der Waals surface area contributed by atoms with Crippen molar-refractivity contribution < 1.29 is 10.6 Å². The molecule has 0 fully saturated rings. The van der Waals surface area contributed by atoms with Crippen LogP contribution in [-0.2, 0) is 0 Å². The van der Waals surface area contributed by atoms with Crippen LogP contribution >= 0.6 is 0 Å². The van der Waals surface area contributed by atoms with Gasteiger partial charge in [0.2, 0.25) is 0 Å². The molecule has 40 heavy (non-hydrogen) atoms. The van der Waals surface area contributed by atoms with E-state index in [1.165, 1.54) is 56.1 Å². The maximum atomic E-state index is 3.87. The third-order valence-corrected chi connectivity index (χ3v) is 8.10. The second kappa shape index (κ2) is 10.2. The van der Waals surface area contributed by atoms with Gasteiger partial charge >= 0.3 is 0 Å². The van der Waals surface area contributed by atoms with E-state index in [2.05, 4.69) is 156 Å². The molecule has 4 heteroatoms. The highest BCUT2D eigenvalue weighted by Crippen LogP contribution is 2.38. The Morgan fingerprint density at radius 1 is 0.575 bits per heavy atom. The molecule has 5 aromatic rings. The SMILES string of the molecule is Cc1ccc2c(c1)NC(c1ccccc1)=C(c1ccc(C3[NH2+]c4ccc(C)cc4NC3c3ccccc3)cc1)[NH2+]2. The van der Waals surface area contributed by atoms with E-state index in [9.17, 15) is 0 Å². The first kappa shape index (κ1) is 24.4. The normalized spacial score (nSPS) is 17.9. The molecule has 0 radical (unpaired) electrons. The minimum Gasteiger partial charge on any atom is -0.368 e. The highest BCUT2D eigenvalue weighted by Gasteiger charge is 2.34. The fourth-order valence-electron chi connectivity index (χ4n) is 6.01. The molecule has 0 saturated heterocycles. The lowest BCUT2D eigenvalue weighted by molar-refractivity contribution is -0.623. The van der Waals surface area contributed by atoms with E-state index in [1.807, 2.05) is 0 Å². The minimum absolute atomic E-state index is 0.165. The van der Waals surface area contributed by atoms with E-state index in [0.717, 1.165) is 11.4 Å². The van der Waals surface area contributed by atoms with Crippen molar-refractivity contribution in [3.05, 3.63) is 155 Å². The van der Waals surface area contributed by atoms with Crippen LogP contribution in [0.25, 0.3) is 11.4 Å². The van der Waals surface area contributed by atoms with Gasteiger partial charge in [-0.1, -0.05) is 84.9 Å². The quantitative estimate of drug-likeness (QED) is 0.202. The Hall–Kier alpha value is -4.64. The molecule has 5 aromatic carbocycles. The fourth-order valence-corrected chi connectivity index (χ4v) is 6.01. The molecule has 0 amide bonds. The molecular formula is C36H34N4+2. The predicted octanol–water partition coefficient (Wildman–Crippen LogP) is 6.55. The first-order valence-corrected chi connectivity index (χ1v) is 14.0. The second-order valence-corrected chi connectivity index (χ2v) is 11.0. The maximum absolute atomic E-state index is 3.87. The molecular weight excluding hydrogens is 488 g/mol. The van der Waals surface area contributed by atoms with Crippen LogP contribution in [0.1, 0.15) is 45.5 Å². The Labute approximate surface area is 235 Å². The molecule has 2 atom stereocenters. The van der Waals surface area contributed by atoms with E-state index in [-0.39, 0.29) is 12.1 Å². The Bertz CT molecular complexity index is 1710. The summed E-state index contributed by atoms with van der Waals surface area (Å²) in [5, 5.41) is 12.4. The summed E-state index contributed by atoms with van der Waals surface area (Å²) < 4.78 is 0. The summed E-state index contributed by atoms with van der Waals surface area (Å²) in [6.07, 6.45) is 0. The number of nitrogens with one attached hydrogen (secondary N) is 2. The van der Waals surface area contributed by atoms with Gasteiger partial charge < -0.3 is 16.0 Å². The van der Waals surface area contributed by atoms with Gasteiger partial charge in [0.15, 0.2) is 17.1 Å². The van der Waals surface area contributed by atoms with Crippen LogP contribution < -0.4 is 21.3 Å². The number of nitrogens with two attached hydrogens (primary N) is 2. The van der Waals surface area contributed by atoms with Crippen LogP contribution in [0.15, 0.2) is 121 Å². The molecule has 7 rings (SSSR count). The molecule has 2 aliphatic rings. The highest BCUT2D eigenvalue weighted by atomic mass is 15.1. The smallest absolute Gasteiger partial charge is 0.166 e. The van der Waals surface area contributed by atoms with Crippen LogP contribution in [0.3, 0.4) is 0 Å². The van der Waals surface area contributed by atoms with Gasteiger partial charge in [-0.05, 0) is 54.8 Å². The first-order chi connectivity index (χ1) is 19.6. The van der Waals surface area contributed by atoms with Crippen LogP contribution in [0.2, 0.25) is 0 Å². The van der Waals surface area contributed by atoms with E-state index in [4.69, 9.17) is 0 Å². The summed E-state index contributed by atoms with van der Waals surface area (Å²) in [5.74, 6) is 0. The van der Waals surface area contributed by atoms with Gasteiger partial charge in [-0.15, -0.1) is 0 Å². The average molecular weight is 523 g/mol. The molecule has 196 valence electrons. The number of hydrogen-bond acceptors (Lipinski definition) is 2. The average Bonchev–Trinajstić information content (AvgIpc) is 3.00. The largest absolute Gasteiger partial charge is 0.368 e. The minimum atomic E-state index is 0.165. The summed E-state index contributed by atoms with van der Waals surface area (Å²) in [5.41, 5.74) is 14.7. The van der Waals surface area contributed by atoms with Crippen molar-refractivity contribution in [3.63, 3.8) is 0 Å². The summed E-state index contributed by atoms with van der Waals surface area (Å²) in [7, 11) is 0. The molecule has 0 aliphatic carbocycles. The van der Waals surface area contributed by atoms with E-state index >= 15 is 0 Å².